The van der Waals surface area contributed by atoms with Crippen LogP contribution in [-0.4, -0.2) is 34.4 Å². The Labute approximate surface area is 192 Å². The Hall–Kier alpha value is -3.40. The molecule has 5 rings (SSSR count). The second-order valence-corrected chi connectivity index (χ2v) is 8.76. The third-order valence-electron chi connectivity index (χ3n) is 6.65. The number of nitrogens with one attached hydrogen (secondary N) is 2. The number of aryl methyl sites for hydroxylation is 2. The summed E-state index contributed by atoms with van der Waals surface area (Å²) >= 11 is 0. The molecule has 0 bridgehead atoms. The van der Waals surface area contributed by atoms with Crippen LogP contribution in [0.15, 0.2) is 24.3 Å². The van der Waals surface area contributed by atoms with Gasteiger partial charge >= 0.3 is 0 Å². The Morgan fingerprint density at radius 3 is 2.62 bits per heavy atom. The summed E-state index contributed by atoms with van der Waals surface area (Å²) in [6.45, 7) is 3.37. The number of carbonyl (C=O) groups excluding carboxylic acids is 2. The molecule has 2 amide bonds. The van der Waals surface area contributed by atoms with E-state index in [1.54, 1.807) is 0 Å². The van der Waals surface area contributed by atoms with Crippen molar-refractivity contribution in [2.24, 2.45) is 0 Å². The predicted octanol–water partition coefficient (Wildman–Crippen LogP) is 3.66. The molecule has 178 valence electrons. The number of hydrogen-bond donors (Lipinski definition) is 2. The lowest BCUT2D eigenvalue weighted by Crippen LogP contribution is -2.49. The minimum atomic E-state index is -2.09. The summed E-state index contributed by atoms with van der Waals surface area (Å²) in [6.07, 6.45) is 2.85. The van der Waals surface area contributed by atoms with Gasteiger partial charge in [0.2, 0.25) is 0 Å². The van der Waals surface area contributed by atoms with Crippen LogP contribution in [0.25, 0.3) is 10.9 Å². The zero-order chi connectivity index (χ0) is 24.1. The summed E-state index contributed by atoms with van der Waals surface area (Å²) in [5.74, 6) is -9.50. The van der Waals surface area contributed by atoms with Crippen molar-refractivity contribution in [3.05, 3.63) is 69.9 Å². The van der Waals surface area contributed by atoms with E-state index < -0.39 is 40.6 Å². The van der Waals surface area contributed by atoms with E-state index in [9.17, 15) is 27.2 Å². The first-order chi connectivity index (χ1) is 16.3. The molecule has 0 saturated heterocycles. The van der Waals surface area contributed by atoms with Crippen LogP contribution in [0, 0.1) is 30.2 Å². The molecular formula is C24H22F4N4O2. The average Bonchev–Trinajstić information content (AvgIpc) is 3.14. The van der Waals surface area contributed by atoms with Gasteiger partial charge in [-0.1, -0.05) is 11.6 Å². The summed E-state index contributed by atoms with van der Waals surface area (Å²) < 4.78 is 56.0. The quantitative estimate of drug-likeness (QED) is 0.264. The molecule has 0 spiro atoms. The van der Waals surface area contributed by atoms with Crippen molar-refractivity contribution in [1.82, 2.24) is 20.3 Å². The van der Waals surface area contributed by atoms with Gasteiger partial charge in [-0.15, -0.1) is 0 Å². The van der Waals surface area contributed by atoms with Crippen molar-refractivity contribution >= 4 is 22.7 Å². The highest BCUT2D eigenvalue weighted by atomic mass is 19.2. The zero-order valence-electron chi connectivity index (χ0n) is 18.4. The number of rotatable bonds is 3. The first-order valence-electron chi connectivity index (χ1n) is 11.0. The Morgan fingerprint density at radius 2 is 1.82 bits per heavy atom. The number of amides is 2. The smallest absolute Gasteiger partial charge is 0.272 e. The van der Waals surface area contributed by atoms with Gasteiger partial charge in [0.05, 0.1) is 18.2 Å². The lowest BCUT2D eigenvalue weighted by atomic mass is 9.89. The van der Waals surface area contributed by atoms with E-state index in [2.05, 4.69) is 35.1 Å². The van der Waals surface area contributed by atoms with Gasteiger partial charge < -0.3 is 4.57 Å². The minimum absolute atomic E-state index is 0.0282. The van der Waals surface area contributed by atoms with Gasteiger partial charge in [0.1, 0.15) is 0 Å². The Kier molecular flexibility index (Phi) is 5.55. The first-order valence-corrected chi connectivity index (χ1v) is 11.0. The molecule has 2 aromatic carbocycles. The maximum absolute atomic E-state index is 13.8. The summed E-state index contributed by atoms with van der Waals surface area (Å²) in [5.41, 5.74) is 7.96. The van der Waals surface area contributed by atoms with E-state index >= 15 is 0 Å². The molecule has 1 aliphatic carbocycles. The molecule has 1 aromatic heterocycles. The third kappa shape index (κ3) is 3.62. The number of benzene rings is 2. The van der Waals surface area contributed by atoms with Crippen molar-refractivity contribution in [3.63, 3.8) is 0 Å². The predicted molar refractivity (Wildman–Crippen MR) is 116 cm³/mol. The van der Waals surface area contributed by atoms with Crippen LogP contribution in [0.4, 0.5) is 17.6 Å². The molecule has 1 atom stereocenters. The molecular weight excluding hydrogens is 452 g/mol. The van der Waals surface area contributed by atoms with Gasteiger partial charge in [-0.05, 0) is 49.9 Å². The second kappa shape index (κ2) is 8.43. The molecule has 1 aliphatic heterocycles. The Bertz CT molecular complexity index is 1340. The number of aromatic nitrogens is 1. The highest BCUT2D eigenvalue weighted by Gasteiger charge is 2.35. The Balaban J connectivity index is 1.30. The molecule has 2 aliphatic rings. The highest BCUT2D eigenvalue weighted by Crippen LogP contribution is 2.42. The highest BCUT2D eigenvalue weighted by molar-refractivity contribution is 5.95. The molecule has 0 fully saturated rings. The third-order valence-corrected chi connectivity index (χ3v) is 6.65. The van der Waals surface area contributed by atoms with Crippen molar-refractivity contribution in [1.29, 1.82) is 0 Å². The first kappa shape index (κ1) is 22.4. The lowest BCUT2D eigenvalue weighted by Gasteiger charge is -2.39. The van der Waals surface area contributed by atoms with Gasteiger partial charge in [0, 0.05) is 29.7 Å². The van der Waals surface area contributed by atoms with Crippen LogP contribution in [0.2, 0.25) is 0 Å². The van der Waals surface area contributed by atoms with E-state index in [1.165, 1.54) is 27.7 Å². The van der Waals surface area contributed by atoms with Gasteiger partial charge in [-0.2, -0.15) is 0 Å². The van der Waals surface area contributed by atoms with Crippen LogP contribution in [0.3, 0.4) is 0 Å². The molecule has 2 heterocycles. The maximum Gasteiger partial charge on any atom is 0.272 e. The maximum atomic E-state index is 13.8. The number of nitrogens with zero attached hydrogens (tertiary/aromatic N) is 2. The molecule has 34 heavy (non-hydrogen) atoms. The summed E-state index contributed by atoms with van der Waals surface area (Å²) in [7, 11) is 0. The zero-order valence-corrected chi connectivity index (χ0v) is 18.4. The summed E-state index contributed by atoms with van der Waals surface area (Å²) in [5, 5.41) is 1.25. The standard InChI is InChI=1S/C24H22F4N4O2/c1-12-5-6-17-14(9-12)13-3-2-4-18-23(13)32(17)8-7-31(18)11-19(33)29-30-24(34)15-10-16(25)21(27)22(28)20(15)26/h5-6,9-10,18H,2-4,7-8,11H2,1H3,(H,29,33)(H,30,34)/t18-/m0/s1. The van der Waals surface area contributed by atoms with Crippen LogP contribution in [0.5, 0.6) is 0 Å². The van der Waals surface area contributed by atoms with Crippen LogP contribution in [-0.2, 0) is 17.8 Å². The summed E-state index contributed by atoms with van der Waals surface area (Å²) in [4.78, 5) is 26.7. The minimum Gasteiger partial charge on any atom is -0.342 e. The van der Waals surface area contributed by atoms with Gasteiger partial charge in [0.15, 0.2) is 23.3 Å². The van der Waals surface area contributed by atoms with E-state index in [1.807, 2.05) is 10.3 Å². The number of fused-ring (bicyclic) bond motifs is 3. The van der Waals surface area contributed by atoms with Crippen molar-refractivity contribution in [2.45, 2.75) is 38.8 Å². The van der Waals surface area contributed by atoms with Gasteiger partial charge in [0.25, 0.3) is 11.8 Å². The van der Waals surface area contributed by atoms with Crippen LogP contribution < -0.4 is 10.9 Å². The fraction of sp³-hybridized carbons (Fsp3) is 0.333. The molecule has 0 radical (unpaired) electrons. The molecule has 0 saturated carbocycles. The van der Waals surface area contributed by atoms with Crippen molar-refractivity contribution in [3.8, 4) is 0 Å². The van der Waals surface area contributed by atoms with Gasteiger partial charge in [-0.3, -0.25) is 25.3 Å². The number of hydrazine groups is 1. The van der Waals surface area contributed by atoms with Crippen molar-refractivity contribution in [2.75, 3.05) is 13.1 Å². The van der Waals surface area contributed by atoms with E-state index in [-0.39, 0.29) is 18.7 Å². The number of hydrogen-bond acceptors (Lipinski definition) is 3. The molecule has 10 heteroatoms. The lowest BCUT2D eigenvalue weighted by molar-refractivity contribution is -0.124. The van der Waals surface area contributed by atoms with Crippen LogP contribution in [0.1, 0.15) is 46.1 Å². The largest absolute Gasteiger partial charge is 0.342 e. The second-order valence-electron chi connectivity index (χ2n) is 8.76. The van der Waals surface area contributed by atoms with Crippen LogP contribution >= 0.6 is 0 Å². The molecule has 6 nitrogen and oxygen atoms in total. The molecule has 0 unspecified atom stereocenters. The number of carbonyl (C=O) groups is 2. The topological polar surface area (TPSA) is 66.4 Å². The molecule has 3 aromatic rings. The molecule has 2 N–H and O–H groups in total. The average molecular weight is 474 g/mol. The monoisotopic (exact) mass is 474 g/mol. The fourth-order valence-corrected chi connectivity index (χ4v) is 5.14. The Morgan fingerprint density at radius 1 is 1.03 bits per heavy atom. The van der Waals surface area contributed by atoms with E-state index in [4.69, 9.17) is 0 Å². The SMILES string of the molecule is Cc1ccc2c(c1)c1c3n2CCN(CC(=O)NNC(=O)c2cc(F)c(F)c(F)c2F)[C@H]3CCC1. The number of halogens is 4. The van der Waals surface area contributed by atoms with E-state index in [0.717, 1.165) is 19.3 Å². The normalized spacial score (nSPS) is 17.5. The van der Waals surface area contributed by atoms with E-state index in [0.29, 0.717) is 13.1 Å². The van der Waals surface area contributed by atoms with Crippen molar-refractivity contribution < 1.29 is 27.2 Å². The fourth-order valence-electron chi connectivity index (χ4n) is 5.14. The summed E-state index contributed by atoms with van der Waals surface area (Å²) in [6, 6.07) is 6.72. The van der Waals surface area contributed by atoms with Gasteiger partial charge in [-0.25, -0.2) is 17.6 Å².